The van der Waals surface area contributed by atoms with Crippen molar-refractivity contribution in [1.29, 1.82) is 0 Å². The molecule has 0 rings (SSSR count). The van der Waals surface area contributed by atoms with Crippen molar-refractivity contribution in [2.24, 2.45) is 0 Å². The van der Waals surface area contributed by atoms with E-state index in [0.29, 0.717) is 23.9 Å². The first-order valence-electron chi connectivity index (χ1n) is 21.6. The number of hydrogen-bond acceptors (Lipinski definition) is 8. The lowest BCUT2D eigenvalue weighted by molar-refractivity contribution is -0.870. The standard InChI is InChI=1S/C48H78NO8P/c1-6-8-10-12-14-16-18-20-22-23-24-25-27-29-31-33-35-37-39-41-48(51)57-46(45-56-58(52,53)55-43-42-49(3,4)5)44-54-47(50)40-38-36-34-32-30-28-26-21-19-17-15-13-11-9-7-2/h8,10,14-17,20-22,24-26,29-32,35,37,46H,6-7,9,11-13,18-19,23,27-28,33-34,36,38-45H2,1-5H3/b10-8-,16-14-,17-15-,22-20-,25-24-,26-21-,31-29-,32-30-,37-35-/t46-/m1/s1. The molecule has 0 N–H and O–H groups in total. The van der Waals surface area contributed by atoms with Gasteiger partial charge >= 0.3 is 11.9 Å². The number of quaternary nitrogens is 1. The molecule has 0 aromatic carbocycles. The Labute approximate surface area is 353 Å². The highest BCUT2D eigenvalue weighted by Crippen LogP contribution is 2.38. The van der Waals surface area contributed by atoms with Gasteiger partial charge in [-0.25, -0.2) is 0 Å². The lowest BCUT2D eigenvalue weighted by atomic mass is 10.1. The number of phosphoric ester groups is 1. The van der Waals surface area contributed by atoms with Crippen molar-refractivity contribution in [2.45, 2.75) is 136 Å². The van der Waals surface area contributed by atoms with Gasteiger partial charge < -0.3 is 27.9 Å². The van der Waals surface area contributed by atoms with Crippen LogP contribution in [0.1, 0.15) is 129 Å². The second kappa shape index (κ2) is 39.1. The number of ether oxygens (including phenoxy) is 2. The van der Waals surface area contributed by atoms with Crippen molar-refractivity contribution in [1.82, 2.24) is 0 Å². The summed E-state index contributed by atoms with van der Waals surface area (Å²) in [4.78, 5) is 37.5. The van der Waals surface area contributed by atoms with E-state index >= 15 is 0 Å². The average molecular weight is 828 g/mol. The molecule has 0 aliphatic rings. The van der Waals surface area contributed by atoms with Gasteiger partial charge in [0.1, 0.15) is 19.8 Å². The highest BCUT2D eigenvalue weighted by atomic mass is 31.2. The summed E-state index contributed by atoms with van der Waals surface area (Å²) in [5.74, 6) is -0.991. The molecular formula is C48H78NO8P. The van der Waals surface area contributed by atoms with Crippen LogP contribution < -0.4 is 4.89 Å². The van der Waals surface area contributed by atoms with Crippen LogP contribution in [-0.2, 0) is 32.7 Å². The third-order valence-corrected chi connectivity index (χ3v) is 9.25. The maximum Gasteiger partial charge on any atom is 0.306 e. The fourth-order valence-corrected chi connectivity index (χ4v) is 5.65. The Hall–Kier alpha value is -3.33. The van der Waals surface area contributed by atoms with E-state index in [1.807, 2.05) is 33.3 Å². The molecule has 0 spiro atoms. The Balaban J connectivity index is 4.60. The maximum atomic E-state index is 12.6. The van der Waals surface area contributed by atoms with E-state index in [2.05, 4.69) is 111 Å². The minimum Gasteiger partial charge on any atom is -0.756 e. The van der Waals surface area contributed by atoms with Crippen LogP contribution in [0.3, 0.4) is 0 Å². The Morgan fingerprint density at radius 1 is 0.552 bits per heavy atom. The maximum absolute atomic E-state index is 12.6. The molecule has 0 aliphatic heterocycles. The second-order valence-electron chi connectivity index (χ2n) is 15.0. The number of esters is 2. The smallest absolute Gasteiger partial charge is 0.306 e. The van der Waals surface area contributed by atoms with Crippen LogP contribution >= 0.6 is 7.82 Å². The summed E-state index contributed by atoms with van der Waals surface area (Å²) >= 11 is 0. The van der Waals surface area contributed by atoms with Gasteiger partial charge in [0.05, 0.1) is 27.7 Å². The molecule has 9 nitrogen and oxygen atoms in total. The van der Waals surface area contributed by atoms with Crippen LogP contribution in [0.25, 0.3) is 0 Å². The predicted molar refractivity (Wildman–Crippen MR) is 240 cm³/mol. The number of allylic oxidation sites excluding steroid dienone is 18. The van der Waals surface area contributed by atoms with Gasteiger partial charge in [0.2, 0.25) is 0 Å². The first kappa shape index (κ1) is 54.7. The number of phosphoric acid groups is 1. The average Bonchev–Trinajstić information content (AvgIpc) is 3.17. The summed E-state index contributed by atoms with van der Waals surface area (Å²) in [5.41, 5.74) is 0. The fourth-order valence-electron chi connectivity index (χ4n) is 4.92. The SMILES string of the molecule is CC/C=C\C/C=C\C/C=C\C/C=C\C/C=C\C/C=C\CCC(=O)O[C@H](COC(=O)CCCC/C=C\C/C=C\C/C=C\CCCCC)COP(=O)([O-])OCC[N+](C)(C)C. The quantitative estimate of drug-likeness (QED) is 0.0200. The van der Waals surface area contributed by atoms with Crippen LogP contribution in [0, 0.1) is 0 Å². The van der Waals surface area contributed by atoms with Crippen LogP contribution in [0.15, 0.2) is 109 Å². The first-order valence-corrected chi connectivity index (χ1v) is 23.1. The Kier molecular flexibility index (Phi) is 36.9. The number of carbonyl (C=O) groups excluding carboxylic acids is 2. The normalized spacial score (nSPS) is 14.7. The zero-order chi connectivity index (χ0) is 42.8. The van der Waals surface area contributed by atoms with Crippen molar-refractivity contribution in [3.05, 3.63) is 109 Å². The molecule has 2 atom stereocenters. The van der Waals surface area contributed by atoms with Gasteiger partial charge in [0.15, 0.2) is 6.10 Å². The minimum atomic E-state index is -4.66. The lowest BCUT2D eigenvalue weighted by Crippen LogP contribution is -2.37. The largest absolute Gasteiger partial charge is 0.756 e. The third-order valence-electron chi connectivity index (χ3n) is 8.29. The Bertz CT molecular complexity index is 1350. The monoisotopic (exact) mass is 828 g/mol. The Morgan fingerprint density at radius 3 is 1.47 bits per heavy atom. The fraction of sp³-hybridized carbons (Fsp3) is 0.583. The lowest BCUT2D eigenvalue weighted by Gasteiger charge is -2.28. The first-order chi connectivity index (χ1) is 28.0. The molecule has 1 unspecified atom stereocenters. The highest BCUT2D eigenvalue weighted by molar-refractivity contribution is 7.45. The molecule has 0 fully saturated rings. The Morgan fingerprint density at radius 2 is 1.00 bits per heavy atom. The van der Waals surface area contributed by atoms with Gasteiger partial charge in [-0.3, -0.25) is 14.2 Å². The molecule has 0 amide bonds. The summed E-state index contributed by atoms with van der Waals surface area (Å²) < 4.78 is 33.7. The van der Waals surface area contributed by atoms with Gasteiger partial charge in [-0.1, -0.05) is 136 Å². The van der Waals surface area contributed by atoms with E-state index in [1.165, 1.54) is 19.3 Å². The van der Waals surface area contributed by atoms with Crippen molar-refractivity contribution in [3.8, 4) is 0 Å². The molecule has 328 valence electrons. The summed E-state index contributed by atoms with van der Waals surface area (Å²) in [5, 5.41) is 0. The molecule has 0 heterocycles. The molecular weight excluding hydrogens is 750 g/mol. The number of hydrogen-bond donors (Lipinski definition) is 0. The topological polar surface area (TPSA) is 111 Å². The van der Waals surface area contributed by atoms with E-state index < -0.39 is 32.5 Å². The second-order valence-corrected chi connectivity index (χ2v) is 16.4. The minimum absolute atomic E-state index is 0.0571. The van der Waals surface area contributed by atoms with Gasteiger partial charge in [0, 0.05) is 12.8 Å². The number of rotatable bonds is 37. The zero-order valence-corrected chi connectivity index (χ0v) is 37.6. The van der Waals surface area contributed by atoms with Crippen LogP contribution in [0.4, 0.5) is 0 Å². The van der Waals surface area contributed by atoms with Gasteiger partial charge in [-0.15, -0.1) is 0 Å². The van der Waals surface area contributed by atoms with E-state index in [1.54, 1.807) is 0 Å². The molecule has 0 saturated carbocycles. The summed E-state index contributed by atoms with van der Waals surface area (Å²) in [7, 11) is 1.08. The molecule has 0 aromatic rings. The number of nitrogens with zero attached hydrogens (tertiary/aromatic N) is 1. The van der Waals surface area contributed by atoms with E-state index in [4.69, 9.17) is 18.5 Å². The number of likely N-dealkylation sites (N-methyl/N-ethyl adjacent to an activating group) is 1. The molecule has 0 radical (unpaired) electrons. The van der Waals surface area contributed by atoms with E-state index in [9.17, 15) is 19.0 Å². The number of unbranched alkanes of at least 4 members (excludes halogenated alkanes) is 5. The highest BCUT2D eigenvalue weighted by Gasteiger charge is 2.21. The van der Waals surface area contributed by atoms with Gasteiger partial charge in [0.25, 0.3) is 7.82 Å². The predicted octanol–water partition coefficient (Wildman–Crippen LogP) is 11.7. The van der Waals surface area contributed by atoms with Crippen LogP contribution in [-0.4, -0.2) is 70.0 Å². The molecule has 58 heavy (non-hydrogen) atoms. The molecule has 0 saturated heterocycles. The van der Waals surface area contributed by atoms with Crippen LogP contribution in [0.5, 0.6) is 0 Å². The van der Waals surface area contributed by atoms with E-state index in [0.717, 1.165) is 70.6 Å². The number of carbonyl (C=O) groups is 2. The zero-order valence-electron chi connectivity index (χ0n) is 36.7. The molecule has 0 aliphatic carbocycles. The molecule has 0 aromatic heterocycles. The van der Waals surface area contributed by atoms with Crippen molar-refractivity contribution < 1.29 is 42.1 Å². The van der Waals surface area contributed by atoms with Crippen LogP contribution in [0.2, 0.25) is 0 Å². The van der Waals surface area contributed by atoms with Crippen molar-refractivity contribution >= 4 is 19.8 Å². The van der Waals surface area contributed by atoms with E-state index in [-0.39, 0.29) is 26.1 Å². The third kappa shape index (κ3) is 42.3. The van der Waals surface area contributed by atoms with Gasteiger partial charge in [-0.05, 0) is 89.9 Å². The molecule has 10 heteroatoms. The molecule has 0 bridgehead atoms. The summed E-state index contributed by atoms with van der Waals surface area (Å²) in [6.07, 6.45) is 52.8. The van der Waals surface area contributed by atoms with Gasteiger partial charge in [-0.2, -0.15) is 0 Å². The van der Waals surface area contributed by atoms with Crippen molar-refractivity contribution in [2.75, 3.05) is 47.5 Å². The summed E-state index contributed by atoms with van der Waals surface area (Å²) in [6.45, 7) is 3.91. The van der Waals surface area contributed by atoms with Crippen molar-refractivity contribution in [3.63, 3.8) is 0 Å². The summed E-state index contributed by atoms with van der Waals surface area (Å²) in [6, 6.07) is 0.